The highest BCUT2D eigenvalue weighted by Crippen LogP contribution is 2.17. The van der Waals surface area contributed by atoms with Gasteiger partial charge in [-0.3, -0.25) is 0 Å². The van der Waals surface area contributed by atoms with Crippen molar-refractivity contribution in [2.24, 2.45) is 0 Å². The molecule has 1 N–H and O–H groups in total. The highest BCUT2D eigenvalue weighted by Gasteiger charge is 2.17. The summed E-state index contributed by atoms with van der Waals surface area (Å²) in [6, 6.07) is 11.1. The molecule has 1 aromatic carbocycles. The Hall–Kier alpha value is -0.900. The van der Waals surface area contributed by atoms with Crippen LogP contribution >= 0.6 is 0 Å². The van der Waals surface area contributed by atoms with Crippen molar-refractivity contribution < 1.29 is 4.74 Å². The number of nitrogens with one attached hydrogen (secondary N) is 1. The van der Waals surface area contributed by atoms with Gasteiger partial charge in [0.05, 0.1) is 6.10 Å². The third-order valence-electron chi connectivity index (χ3n) is 3.54. The van der Waals surface area contributed by atoms with Crippen LogP contribution in [0.1, 0.15) is 24.4 Å². The molecule has 1 aliphatic heterocycles. The Morgan fingerprint density at radius 2 is 2.11 bits per heavy atom. The fourth-order valence-electron chi connectivity index (χ4n) is 2.46. The summed E-state index contributed by atoms with van der Waals surface area (Å²) in [6.45, 7) is 2.87. The molecule has 0 aromatic heterocycles. The molecule has 0 bridgehead atoms. The highest BCUT2D eigenvalue weighted by atomic mass is 16.5. The molecule has 2 rings (SSSR count). The molecule has 2 unspecified atom stereocenters. The lowest BCUT2D eigenvalue weighted by Gasteiger charge is -2.25. The van der Waals surface area contributed by atoms with Gasteiger partial charge in [0, 0.05) is 25.7 Å². The predicted octanol–water partition coefficient (Wildman–Crippen LogP) is 2.06. The van der Waals surface area contributed by atoms with Crippen molar-refractivity contribution >= 4 is 0 Å². The molecular formula is C15H24N2O. The predicted molar refractivity (Wildman–Crippen MR) is 74.7 cm³/mol. The van der Waals surface area contributed by atoms with Crippen LogP contribution < -0.4 is 5.32 Å². The second kappa shape index (κ2) is 6.88. The van der Waals surface area contributed by atoms with E-state index in [2.05, 4.69) is 54.6 Å². The Labute approximate surface area is 110 Å². The molecule has 100 valence electrons. The summed E-state index contributed by atoms with van der Waals surface area (Å²) < 4.78 is 5.62. The van der Waals surface area contributed by atoms with Crippen LogP contribution in [0.25, 0.3) is 0 Å². The summed E-state index contributed by atoms with van der Waals surface area (Å²) in [4.78, 5) is 2.26. The molecule has 0 amide bonds. The van der Waals surface area contributed by atoms with Crippen LogP contribution in [0.4, 0.5) is 0 Å². The van der Waals surface area contributed by atoms with Crippen LogP contribution in [0.5, 0.6) is 0 Å². The molecule has 0 saturated carbocycles. The number of hydrogen-bond acceptors (Lipinski definition) is 3. The van der Waals surface area contributed by atoms with Crippen molar-refractivity contribution in [2.45, 2.75) is 25.0 Å². The van der Waals surface area contributed by atoms with E-state index in [0.29, 0.717) is 12.1 Å². The van der Waals surface area contributed by atoms with E-state index in [0.717, 1.165) is 19.7 Å². The molecule has 0 spiro atoms. The summed E-state index contributed by atoms with van der Waals surface area (Å²) in [7, 11) is 4.26. The molecule has 3 heteroatoms. The van der Waals surface area contributed by atoms with Gasteiger partial charge in [0.15, 0.2) is 0 Å². The summed E-state index contributed by atoms with van der Waals surface area (Å²) in [5.74, 6) is 0. The quantitative estimate of drug-likeness (QED) is 0.834. The SMILES string of the molecule is CN(C)C(CNCC1CCCO1)c1ccccc1. The molecule has 1 aromatic rings. The van der Waals surface area contributed by atoms with Crippen molar-refractivity contribution in [1.29, 1.82) is 0 Å². The Balaban J connectivity index is 1.83. The van der Waals surface area contributed by atoms with Crippen LogP contribution in [-0.4, -0.2) is 44.8 Å². The molecular weight excluding hydrogens is 224 g/mol. The minimum Gasteiger partial charge on any atom is -0.377 e. The number of hydrogen-bond donors (Lipinski definition) is 1. The van der Waals surface area contributed by atoms with E-state index >= 15 is 0 Å². The molecule has 18 heavy (non-hydrogen) atoms. The Morgan fingerprint density at radius 1 is 1.33 bits per heavy atom. The van der Waals surface area contributed by atoms with Crippen molar-refractivity contribution in [1.82, 2.24) is 10.2 Å². The number of rotatable bonds is 6. The average molecular weight is 248 g/mol. The van der Waals surface area contributed by atoms with Crippen LogP contribution in [0.15, 0.2) is 30.3 Å². The summed E-state index contributed by atoms with van der Waals surface area (Å²) in [6.07, 6.45) is 2.83. The maximum Gasteiger partial charge on any atom is 0.0700 e. The summed E-state index contributed by atoms with van der Waals surface area (Å²) in [5, 5.41) is 3.54. The van der Waals surface area contributed by atoms with E-state index in [-0.39, 0.29) is 0 Å². The third-order valence-corrected chi connectivity index (χ3v) is 3.54. The Bertz CT molecular complexity index is 334. The molecule has 0 aliphatic carbocycles. The normalized spacial score (nSPS) is 21.4. The lowest BCUT2D eigenvalue weighted by atomic mass is 10.1. The van der Waals surface area contributed by atoms with E-state index in [9.17, 15) is 0 Å². The van der Waals surface area contributed by atoms with Crippen LogP contribution in [-0.2, 0) is 4.74 Å². The van der Waals surface area contributed by atoms with Gasteiger partial charge >= 0.3 is 0 Å². The van der Waals surface area contributed by atoms with Gasteiger partial charge in [-0.15, -0.1) is 0 Å². The van der Waals surface area contributed by atoms with Gasteiger partial charge < -0.3 is 15.0 Å². The fraction of sp³-hybridized carbons (Fsp3) is 0.600. The van der Waals surface area contributed by atoms with Crippen molar-refractivity contribution in [2.75, 3.05) is 33.8 Å². The summed E-state index contributed by atoms with van der Waals surface area (Å²) in [5.41, 5.74) is 1.36. The van der Waals surface area contributed by atoms with Gasteiger partial charge in [-0.05, 0) is 32.5 Å². The monoisotopic (exact) mass is 248 g/mol. The molecule has 0 radical (unpaired) electrons. The topological polar surface area (TPSA) is 24.5 Å². The van der Waals surface area contributed by atoms with Crippen molar-refractivity contribution in [3.05, 3.63) is 35.9 Å². The number of benzene rings is 1. The fourth-order valence-corrected chi connectivity index (χ4v) is 2.46. The number of ether oxygens (including phenoxy) is 1. The molecule has 2 atom stereocenters. The lowest BCUT2D eigenvalue weighted by Crippen LogP contribution is -2.35. The zero-order valence-electron chi connectivity index (χ0n) is 11.4. The van der Waals surface area contributed by atoms with Crippen LogP contribution in [0, 0.1) is 0 Å². The molecule has 1 aliphatic rings. The Morgan fingerprint density at radius 3 is 2.72 bits per heavy atom. The zero-order chi connectivity index (χ0) is 12.8. The van der Waals surface area contributed by atoms with E-state index < -0.39 is 0 Å². The van der Waals surface area contributed by atoms with Crippen molar-refractivity contribution in [3.8, 4) is 0 Å². The molecule has 1 fully saturated rings. The van der Waals surface area contributed by atoms with E-state index in [1.807, 2.05) is 0 Å². The zero-order valence-corrected chi connectivity index (χ0v) is 11.4. The van der Waals surface area contributed by atoms with E-state index in [1.165, 1.54) is 18.4 Å². The minimum atomic E-state index is 0.420. The van der Waals surface area contributed by atoms with Gasteiger partial charge in [0.25, 0.3) is 0 Å². The first-order valence-electron chi connectivity index (χ1n) is 6.81. The number of likely N-dealkylation sites (N-methyl/N-ethyl adjacent to an activating group) is 1. The van der Waals surface area contributed by atoms with Gasteiger partial charge in [0.2, 0.25) is 0 Å². The Kier molecular flexibility index (Phi) is 5.17. The second-order valence-corrected chi connectivity index (χ2v) is 5.18. The van der Waals surface area contributed by atoms with Crippen LogP contribution in [0.3, 0.4) is 0 Å². The molecule has 1 saturated heterocycles. The van der Waals surface area contributed by atoms with Gasteiger partial charge in [0.1, 0.15) is 0 Å². The maximum absolute atomic E-state index is 5.62. The molecule has 3 nitrogen and oxygen atoms in total. The van der Waals surface area contributed by atoms with Crippen LogP contribution in [0.2, 0.25) is 0 Å². The van der Waals surface area contributed by atoms with Gasteiger partial charge in [-0.2, -0.15) is 0 Å². The summed E-state index contributed by atoms with van der Waals surface area (Å²) >= 11 is 0. The average Bonchev–Trinajstić information content (AvgIpc) is 2.88. The largest absolute Gasteiger partial charge is 0.377 e. The van der Waals surface area contributed by atoms with Gasteiger partial charge in [-0.25, -0.2) is 0 Å². The smallest absolute Gasteiger partial charge is 0.0700 e. The van der Waals surface area contributed by atoms with Crippen molar-refractivity contribution in [3.63, 3.8) is 0 Å². The number of nitrogens with zero attached hydrogens (tertiary/aromatic N) is 1. The lowest BCUT2D eigenvalue weighted by molar-refractivity contribution is 0.108. The maximum atomic E-state index is 5.62. The highest BCUT2D eigenvalue weighted by molar-refractivity contribution is 5.19. The first-order valence-corrected chi connectivity index (χ1v) is 6.81. The minimum absolute atomic E-state index is 0.420. The first-order chi connectivity index (χ1) is 8.77. The van der Waals surface area contributed by atoms with Gasteiger partial charge in [-0.1, -0.05) is 30.3 Å². The molecule has 1 heterocycles. The first kappa shape index (κ1) is 13.5. The second-order valence-electron chi connectivity index (χ2n) is 5.18. The van der Waals surface area contributed by atoms with E-state index in [1.54, 1.807) is 0 Å². The van der Waals surface area contributed by atoms with E-state index in [4.69, 9.17) is 4.74 Å². The standard InChI is InChI=1S/C15H24N2O/c1-17(2)15(13-7-4-3-5-8-13)12-16-11-14-9-6-10-18-14/h3-5,7-8,14-16H,6,9-12H2,1-2H3. The third kappa shape index (κ3) is 3.80.